The molecule has 30 heavy (non-hydrogen) atoms. The maximum absolute atomic E-state index is 12.4. The lowest BCUT2D eigenvalue weighted by Gasteiger charge is -2.16. The molecule has 4 rings (SSSR count). The molecule has 1 amide bonds. The van der Waals surface area contributed by atoms with E-state index in [0.29, 0.717) is 17.9 Å². The van der Waals surface area contributed by atoms with Gasteiger partial charge in [0.05, 0.1) is 19.6 Å². The molecule has 0 saturated heterocycles. The van der Waals surface area contributed by atoms with Gasteiger partial charge in [0.15, 0.2) is 0 Å². The lowest BCUT2D eigenvalue weighted by Crippen LogP contribution is -2.31. The summed E-state index contributed by atoms with van der Waals surface area (Å²) in [4.78, 5) is 24.3. The van der Waals surface area contributed by atoms with Gasteiger partial charge in [0, 0.05) is 6.42 Å². The quantitative estimate of drug-likeness (QED) is 0.358. The van der Waals surface area contributed by atoms with Crippen LogP contribution in [0.15, 0.2) is 66.7 Å². The molecule has 0 aromatic heterocycles. The second kappa shape index (κ2) is 8.16. The van der Waals surface area contributed by atoms with E-state index in [0.717, 1.165) is 6.42 Å². The van der Waals surface area contributed by atoms with Crippen LogP contribution in [-0.2, 0) is 26.2 Å². The SMILES string of the molecule is COC(=O)[C@@]1(c2cccc(OCCc3ccc4ccccc4c3)c2)C[C@@H]1C(=O)NO. The standard InChI is InChI=1S/C24H23NO5/c1-29-23(27)24(15-21(24)22(26)25-28)19-7-4-8-20(14-19)30-12-11-16-9-10-17-5-2-3-6-18(17)13-16/h2-10,13-14,21,28H,11-12,15H2,1H3,(H,25,26)/t21-,24-/m1/s1. The number of benzene rings is 3. The number of hydrogen-bond acceptors (Lipinski definition) is 5. The van der Waals surface area contributed by atoms with Crippen LogP contribution in [0.25, 0.3) is 10.8 Å². The number of carbonyl (C=O) groups is 2. The Balaban J connectivity index is 1.46. The van der Waals surface area contributed by atoms with Gasteiger partial charge < -0.3 is 9.47 Å². The maximum atomic E-state index is 12.4. The van der Waals surface area contributed by atoms with Crippen molar-refractivity contribution in [3.63, 3.8) is 0 Å². The lowest BCUT2D eigenvalue weighted by atomic mass is 9.92. The molecule has 3 aromatic carbocycles. The van der Waals surface area contributed by atoms with E-state index < -0.39 is 23.2 Å². The van der Waals surface area contributed by atoms with Crippen molar-refractivity contribution in [1.82, 2.24) is 5.48 Å². The molecule has 154 valence electrons. The summed E-state index contributed by atoms with van der Waals surface area (Å²) >= 11 is 0. The van der Waals surface area contributed by atoms with Gasteiger partial charge in [-0.2, -0.15) is 0 Å². The summed E-state index contributed by atoms with van der Waals surface area (Å²) in [5.74, 6) is -1.14. The molecule has 1 aliphatic carbocycles. The van der Waals surface area contributed by atoms with Gasteiger partial charge in [0.25, 0.3) is 0 Å². The highest BCUT2D eigenvalue weighted by Crippen LogP contribution is 2.55. The molecule has 1 fully saturated rings. The average molecular weight is 405 g/mol. The fourth-order valence-corrected chi connectivity index (χ4v) is 4.05. The highest BCUT2D eigenvalue weighted by molar-refractivity contribution is 5.97. The molecule has 0 bridgehead atoms. The normalized spacial score (nSPS) is 19.9. The Kier molecular flexibility index (Phi) is 5.42. The molecular formula is C24H23NO5. The first-order valence-corrected chi connectivity index (χ1v) is 9.82. The van der Waals surface area contributed by atoms with Gasteiger partial charge in [-0.3, -0.25) is 14.8 Å². The van der Waals surface area contributed by atoms with Gasteiger partial charge in [0.2, 0.25) is 5.91 Å². The Morgan fingerprint density at radius 1 is 1.07 bits per heavy atom. The lowest BCUT2D eigenvalue weighted by molar-refractivity contribution is -0.146. The molecule has 2 atom stereocenters. The van der Waals surface area contributed by atoms with E-state index in [2.05, 4.69) is 30.3 Å². The monoisotopic (exact) mass is 405 g/mol. The smallest absolute Gasteiger partial charge is 0.317 e. The maximum Gasteiger partial charge on any atom is 0.317 e. The summed E-state index contributed by atoms with van der Waals surface area (Å²) in [5, 5.41) is 11.3. The van der Waals surface area contributed by atoms with Crippen LogP contribution in [0, 0.1) is 5.92 Å². The first-order chi connectivity index (χ1) is 14.6. The second-order valence-electron chi connectivity index (χ2n) is 7.50. The van der Waals surface area contributed by atoms with E-state index in [1.54, 1.807) is 23.7 Å². The Hall–Kier alpha value is -3.38. The zero-order valence-corrected chi connectivity index (χ0v) is 16.6. The molecule has 2 N–H and O–H groups in total. The van der Waals surface area contributed by atoms with Gasteiger partial charge in [-0.25, -0.2) is 5.48 Å². The summed E-state index contributed by atoms with van der Waals surface area (Å²) in [6.45, 7) is 0.480. The molecule has 0 heterocycles. The predicted octanol–water partition coefficient (Wildman–Crippen LogP) is 3.40. The summed E-state index contributed by atoms with van der Waals surface area (Å²) in [7, 11) is 1.29. The van der Waals surface area contributed by atoms with Crippen LogP contribution in [0.1, 0.15) is 17.5 Å². The number of hydrogen-bond donors (Lipinski definition) is 2. The Morgan fingerprint density at radius 3 is 2.63 bits per heavy atom. The minimum atomic E-state index is -1.08. The van der Waals surface area contributed by atoms with Crippen molar-refractivity contribution in [2.45, 2.75) is 18.3 Å². The number of ether oxygens (including phenoxy) is 2. The van der Waals surface area contributed by atoms with Crippen molar-refractivity contribution in [1.29, 1.82) is 0 Å². The van der Waals surface area contributed by atoms with E-state index >= 15 is 0 Å². The number of hydroxylamine groups is 1. The number of carbonyl (C=O) groups excluding carboxylic acids is 2. The highest BCUT2D eigenvalue weighted by Gasteiger charge is 2.65. The minimum Gasteiger partial charge on any atom is -0.493 e. The van der Waals surface area contributed by atoms with E-state index in [1.807, 2.05) is 18.2 Å². The molecule has 0 unspecified atom stereocenters. The Morgan fingerprint density at radius 2 is 1.87 bits per heavy atom. The zero-order valence-electron chi connectivity index (χ0n) is 16.6. The van der Waals surface area contributed by atoms with Crippen molar-refractivity contribution >= 4 is 22.6 Å². The largest absolute Gasteiger partial charge is 0.493 e. The molecular weight excluding hydrogens is 382 g/mol. The van der Waals surface area contributed by atoms with E-state index in [9.17, 15) is 9.59 Å². The third-order valence-electron chi connectivity index (χ3n) is 5.76. The van der Waals surface area contributed by atoms with Crippen molar-refractivity contribution in [3.8, 4) is 5.75 Å². The predicted molar refractivity (Wildman–Crippen MR) is 111 cm³/mol. The number of esters is 1. The fourth-order valence-electron chi connectivity index (χ4n) is 4.05. The fraction of sp³-hybridized carbons (Fsp3) is 0.250. The van der Waals surface area contributed by atoms with Gasteiger partial charge in [-0.15, -0.1) is 0 Å². The molecule has 6 nitrogen and oxygen atoms in total. The minimum absolute atomic E-state index is 0.284. The van der Waals surface area contributed by atoms with Crippen molar-refractivity contribution < 1.29 is 24.3 Å². The molecule has 1 aliphatic rings. The zero-order chi connectivity index (χ0) is 21.1. The third kappa shape index (κ3) is 3.62. The van der Waals surface area contributed by atoms with Crippen LogP contribution in [-0.4, -0.2) is 30.8 Å². The molecule has 6 heteroatoms. The van der Waals surface area contributed by atoms with E-state index in [4.69, 9.17) is 14.7 Å². The van der Waals surface area contributed by atoms with Crippen LogP contribution < -0.4 is 10.2 Å². The number of methoxy groups -OCH3 is 1. The Labute approximate surface area is 174 Å². The number of rotatable bonds is 7. The molecule has 1 saturated carbocycles. The van der Waals surface area contributed by atoms with Crippen LogP contribution in [0.5, 0.6) is 5.75 Å². The van der Waals surface area contributed by atoms with Crippen LogP contribution in [0.2, 0.25) is 0 Å². The summed E-state index contributed by atoms with van der Waals surface area (Å²) in [6, 6.07) is 21.7. The third-order valence-corrected chi connectivity index (χ3v) is 5.76. The topological polar surface area (TPSA) is 84.9 Å². The van der Waals surface area contributed by atoms with Crippen molar-refractivity contribution in [2.75, 3.05) is 13.7 Å². The number of fused-ring (bicyclic) bond motifs is 1. The van der Waals surface area contributed by atoms with Crippen molar-refractivity contribution in [3.05, 3.63) is 77.9 Å². The van der Waals surface area contributed by atoms with Gasteiger partial charge in [-0.05, 0) is 40.5 Å². The highest BCUT2D eigenvalue weighted by atomic mass is 16.5. The summed E-state index contributed by atoms with van der Waals surface area (Å²) in [5.41, 5.74) is 2.37. The van der Waals surface area contributed by atoms with E-state index in [1.165, 1.54) is 23.4 Å². The van der Waals surface area contributed by atoms with Gasteiger partial charge in [0.1, 0.15) is 11.2 Å². The number of nitrogens with one attached hydrogen (secondary N) is 1. The first kappa shape index (κ1) is 19.9. The summed E-state index contributed by atoms with van der Waals surface area (Å²) in [6.07, 6.45) is 1.03. The van der Waals surface area contributed by atoms with Gasteiger partial charge >= 0.3 is 5.97 Å². The molecule has 0 spiro atoms. The molecule has 0 aliphatic heterocycles. The van der Waals surface area contributed by atoms with Crippen LogP contribution in [0.3, 0.4) is 0 Å². The van der Waals surface area contributed by atoms with Gasteiger partial charge in [-0.1, -0.05) is 54.6 Å². The first-order valence-electron chi connectivity index (χ1n) is 9.82. The number of amides is 1. The van der Waals surface area contributed by atoms with Crippen LogP contribution in [0.4, 0.5) is 0 Å². The van der Waals surface area contributed by atoms with E-state index in [-0.39, 0.29) is 6.42 Å². The van der Waals surface area contributed by atoms with Crippen LogP contribution >= 0.6 is 0 Å². The Bertz CT molecular complexity index is 1100. The second-order valence-corrected chi connectivity index (χ2v) is 7.50. The average Bonchev–Trinajstić information content (AvgIpc) is 3.55. The molecule has 3 aromatic rings. The van der Waals surface area contributed by atoms with Crippen molar-refractivity contribution in [2.24, 2.45) is 5.92 Å². The molecule has 0 radical (unpaired) electrons. The summed E-state index contributed by atoms with van der Waals surface area (Å²) < 4.78 is 10.8.